The summed E-state index contributed by atoms with van der Waals surface area (Å²) in [6, 6.07) is 60.5. The van der Waals surface area contributed by atoms with Crippen molar-refractivity contribution in [1.82, 2.24) is 0 Å². The summed E-state index contributed by atoms with van der Waals surface area (Å²) >= 11 is 0. The van der Waals surface area contributed by atoms with Crippen LogP contribution in [0.2, 0.25) is 0 Å². The minimum Gasteiger partial charge on any atom is -0.453 e. The van der Waals surface area contributed by atoms with Crippen molar-refractivity contribution >= 4 is 34.1 Å². The number of hydrogen-bond donors (Lipinski definition) is 0. The van der Waals surface area contributed by atoms with E-state index in [1.54, 1.807) is 0 Å². The Balaban J connectivity index is 1.11. The van der Waals surface area contributed by atoms with Gasteiger partial charge in [-0.15, -0.1) is 0 Å². The van der Waals surface area contributed by atoms with Crippen LogP contribution in [-0.2, 0) is 5.41 Å². The molecule has 0 fully saturated rings. The smallest absolute Gasteiger partial charge is 0.152 e. The molecule has 0 spiro atoms. The maximum atomic E-state index is 6.72. The van der Waals surface area contributed by atoms with E-state index in [4.69, 9.17) is 4.74 Å². The van der Waals surface area contributed by atoms with Crippen molar-refractivity contribution in [2.75, 3.05) is 9.80 Å². The summed E-state index contributed by atoms with van der Waals surface area (Å²) in [5, 5.41) is 0. The number of anilines is 6. The first-order valence-electron chi connectivity index (χ1n) is 16.5. The lowest BCUT2D eigenvalue weighted by Crippen LogP contribution is -2.32. The van der Waals surface area contributed by atoms with Gasteiger partial charge in [0.25, 0.3) is 0 Å². The fourth-order valence-electron chi connectivity index (χ4n) is 7.38. The highest BCUT2D eigenvalue weighted by atomic mass is 16.5. The van der Waals surface area contributed by atoms with Crippen molar-refractivity contribution < 1.29 is 4.74 Å². The van der Waals surface area contributed by atoms with Gasteiger partial charge in [-0.05, 0) is 100 Å². The fourth-order valence-corrected chi connectivity index (χ4v) is 7.38. The van der Waals surface area contributed by atoms with E-state index in [9.17, 15) is 0 Å². The van der Waals surface area contributed by atoms with Gasteiger partial charge in [-0.1, -0.05) is 117 Å². The average molecular weight is 619 g/mol. The maximum absolute atomic E-state index is 6.72. The molecule has 0 unspecified atom stereocenters. The zero-order chi connectivity index (χ0) is 32.2. The molecule has 0 radical (unpaired) electrons. The number of para-hydroxylation sites is 3. The second-order valence-electron chi connectivity index (χ2n) is 13.0. The fraction of sp³-hybridized carbons (Fsp3) is 0.0667. The van der Waals surface area contributed by atoms with Gasteiger partial charge in [0.15, 0.2) is 11.5 Å². The zero-order valence-electron chi connectivity index (χ0n) is 27.0. The van der Waals surface area contributed by atoms with Crippen LogP contribution < -0.4 is 14.5 Å². The van der Waals surface area contributed by atoms with Crippen LogP contribution in [0.5, 0.6) is 11.5 Å². The number of fused-ring (bicyclic) bond motifs is 4. The number of hydrogen-bond acceptors (Lipinski definition) is 3. The molecule has 0 atom stereocenters. The molecule has 0 aliphatic carbocycles. The molecule has 230 valence electrons. The molecule has 2 aliphatic rings. The monoisotopic (exact) mass is 618 g/mol. The summed E-state index contributed by atoms with van der Waals surface area (Å²) in [6.07, 6.45) is 0. The number of benzene rings is 7. The molecule has 3 heteroatoms. The van der Waals surface area contributed by atoms with Crippen LogP contribution in [-0.4, -0.2) is 0 Å². The van der Waals surface area contributed by atoms with Crippen LogP contribution >= 0.6 is 0 Å². The van der Waals surface area contributed by atoms with Crippen molar-refractivity contribution in [1.29, 1.82) is 0 Å². The molecular formula is C45H34N2O. The Morgan fingerprint density at radius 1 is 0.438 bits per heavy atom. The highest BCUT2D eigenvalue weighted by Crippen LogP contribution is 2.60. The van der Waals surface area contributed by atoms with Crippen molar-refractivity contribution in [2.45, 2.75) is 19.3 Å². The van der Waals surface area contributed by atoms with Gasteiger partial charge in [0.05, 0.1) is 17.1 Å². The summed E-state index contributed by atoms with van der Waals surface area (Å²) in [5.41, 5.74) is 13.8. The molecule has 0 N–H and O–H groups in total. The Morgan fingerprint density at radius 3 is 1.65 bits per heavy atom. The van der Waals surface area contributed by atoms with E-state index >= 15 is 0 Å². The molecule has 0 aromatic heterocycles. The van der Waals surface area contributed by atoms with Crippen LogP contribution in [0.25, 0.3) is 22.3 Å². The predicted octanol–water partition coefficient (Wildman–Crippen LogP) is 12.7. The van der Waals surface area contributed by atoms with Gasteiger partial charge in [0.1, 0.15) is 0 Å². The van der Waals surface area contributed by atoms with E-state index < -0.39 is 0 Å². The Bertz CT molecular complexity index is 2240. The van der Waals surface area contributed by atoms with Crippen LogP contribution in [0.4, 0.5) is 34.1 Å². The Morgan fingerprint density at radius 2 is 0.979 bits per heavy atom. The van der Waals surface area contributed by atoms with Gasteiger partial charge < -0.3 is 14.5 Å². The van der Waals surface area contributed by atoms with Crippen LogP contribution in [0.3, 0.4) is 0 Å². The van der Waals surface area contributed by atoms with Gasteiger partial charge in [-0.2, -0.15) is 0 Å². The zero-order valence-corrected chi connectivity index (χ0v) is 27.0. The van der Waals surface area contributed by atoms with E-state index in [1.165, 1.54) is 27.9 Å². The molecule has 0 saturated carbocycles. The number of rotatable bonds is 5. The molecule has 3 nitrogen and oxygen atoms in total. The average Bonchev–Trinajstić information content (AvgIpc) is 3.14. The van der Waals surface area contributed by atoms with E-state index in [-0.39, 0.29) is 5.41 Å². The maximum Gasteiger partial charge on any atom is 0.152 e. The van der Waals surface area contributed by atoms with Gasteiger partial charge in [-0.3, -0.25) is 0 Å². The lowest BCUT2D eigenvalue weighted by Gasteiger charge is -2.45. The van der Waals surface area contributed by atoms with Gasteiger partial charge in [-0.25, -0.2) is 0 Å². The topological polar surface area (TPSA) is 15.7 Å². The Labute approximate surface area is 281 Å². The molecule has 2 heterocycles. The summed E-state index contributed by atoms with van der Waals surface area (Å²) < 4.78 is 6.72. The summed E-state index contributed by atoms with van der Waals surface area (Å²) in [7, 11) is 0. The highest BCUT2D eigenvalue weighted by molar-refractivity contribution is 5.94. The molecule has 48 heavy (non-hydrogen) atoms. The molecule has 2 aliphatic heterocycles. The summed E-state index contributed by atoms with van der Waals surface area (Å²) in [4.78, 5) is 4.69. The minimum atomic E-state index is -0.197. The Kier molecular flexibility index (Phi) is 6.48. The predicted molar refractivity (Wildman–Crippen MR) is 199 cm³/mol. The molecule has 0 amide bonds. The highest BCUT2D eigenvalue weighted by Gasteiger charge is 2.41. The second-order valence-corrected chi connectivity index (χ2v) is 13.0. The van der Waals surface area contributed by atoms with E-state index in [0.29, 0.717) is 0 Å². The van der Waals surface area contributed by atoms with Crippen molar-refractivity contribution in [3.8, 4) is 33.8 Å². The lowest BCUT2D eigenvalue weighted by atomic mass is 9.72. The normalized spacial score (nSPS) is 13.5. The molecule has 9 rings (SSSR count). The van der Waals surface area contributed by atoms with Crippen LogP contribution in [0, 0.1) is 0 Å². The minimum absolute atomic E-state index is 0.197. The van der Waals surface area contributed by atoms with E-state index in [2.05, 4.69) is 194 Å². The number of ether oxygens (including phenoxy) is 1. The SMILES string of the molecule is CC1(C)c2cc(-c3ccccc3)ccc2N2c3ccc(-c4ccc(N(c5ccccc5)c5ccccc5)cc4)cc3Oc3cccc1c32. The molecule has 7 aromatic rings. The van der Waals surface area contributed by atoms with Crippen molar-refractivity contribution in [2.24, 2.45) is 0 Å². The molecule has 0 saturated heterocycles. The first kappa shape index (κ1) is 28.2. The Hall–Kier alpha value is -6.06. The van der Waals surface area contributed by atoms with Gasteiger partial charge in [0.2, 0.25) is 0 Å². The van der Waals surface area contributed by atoms with Gasteiger partial charge >= 0.3 is 0 Å². The lowest BCUT2D eigenvalue weighted by molar-refractivity contribution is 0.471. The third-order valence-corrected chi connectivity index (χ3v) is 9.82. The van der Waals surface area contributed by atoms with E-state index in [1.807, 2.05) is 0 Å². The van der Waals surface area contributed by atoms with Gasteiger partial charge in [0, 0.05) is 22.5 Å². The molecular weight excluding hydrogens is 585 g/mol. The first-order chi connectivity index (χ1) is 23.6. The largest absolute Gasteiger partial charge is 0.453 e. The van der Waals surface area contributed by atoms with Crippen LogP contribution in [0.15, 0.2) is 170 Å². The molecule has 7 aromatic carbocycles. The second kappa shape index (κ2) is 11.0. The summed E-state index contributed by atoms with van der Waals surface area (Å²) in [6.45, 7) is 4.65. The third-order valence-electron chi connectivity index (χ3n) is 9.82. The van der Waals surface area contributed by atoms with Crippen LogP contribution in [0.1, 0.15) is 25.0 Å². The number of nitrogens with zero attached hydrogens (tertiary/aromatic N) is 2. The quantitative estimate of drug-likeness (QED) is 0.191. The standard InChI is InChI=1S/C45H34N2O/c1-45(2)38-19-12-20-42-44(38)47(40-27-23-33(29-39(40)45)31-13-6-3-7-14-31)41-28-24-34(30-43(41)48-42)32-21-25-37(26-22-32)46(35-15-8-4-9-16-35)36-17-10-5-11-18-36/h3-30H,1-2H3. The first-order valence-corrected chi connectivity index (χ1v) is 16.5. The van der Waals surface area contributed by atoms with E-state index in [0.717, 1.165) is 51.1 Å². The third kappa shape index (κ3) is 4.51. The van der Waals surface area contributed by atoms with Crippen molar-refractivity contribution in [3.05, 3.63) is 181 Å². The van der Waals surface area contributed by atoms with Crippen molar-refractivity contribution in [3.63, 3.8) is 0 Å². The molecule has 0 bridgehead atoms. The summed E-state index contributed by atoms with van der Waals surface area (Å²) in [5.74, 6) is 1.74.